The number of benzene rings is 2. The standard InChI is InChI=1S/C20H21F3N2O2S.ClH/c21-12-28(26,27)25-19-17(24-11-20(19)7-8-20)10-14-4-2-6-16(18(14)23)13-3-1-5-15(22)9-13;/h1-6,9,17,19,24-25H,7-8,10-12H2;1H/t17-,19+;/m0./s1. The average molecular weight is 447 g/mol. The van der Waals surface area contributed by atoms with Gasteiger partial charge in [-0.25, -0.2) is 26.3 Å². The lowest BCUT2D eigenvalue weighted by Gasteiger charge is -2.25. The fraction of sp³-hybridized carbons (Fsp3) is 0.400. The van der Waals surface area contributed by atoms with E-state index < -0.39 is 33.7 Å². The van der Waals surface area contributed by atoms with Crippen molar-refractivity contribution >= 4 is 22.4 Å². The minimum Gasteiger partial charge on any atom is -0.311 e. The number of halogens is 4. The molecule has 4 nitrogen and oxygen atoms in total. The van der Waals surface area contributed by atoms with E-state index in [1.165, 1.54) is 18.2 Å². The number of alkyl halides is 1. The molecule has 0 unspecified atom stereocenters. The zero-order valence-electron chi connectivity index (χ0n) is 15.5. The zero-order valence-corrected chi connectivity index (χ0v) is 17.1. The summed E-state index contributed by atoms with van der Waals surface area (Å²) < 4.78 is 67.5. The Labute approximate surface area is 174 Å². The maximum Gasteiger partial charge on any atom is 0.241 e. The molecule has 2 N–H and O–H groups in total. The Morgan fingerprint density at radius 1 is 1.14 bits per heavy atom. The van der Waals surface area contributed by atoms with Crippen molar-refractivity contribution in [2.24, 2.45) is 5.41 Å². The number of rotatable bonds is 6. The molecule has 0 radical (unpaired) electrons. The molecule has 2 aliphatic rings. The van der Waals surface area contributed by atoms with Crippen LogP contribution in [0.25, 0.3) is 11.1 Å². The Balaban J connectivity index is 0.00000240. The first-order valence-corrected chi connectivity index (χ1v) is 10.8. The highest BCUT2D eigenvalue weighted by molar-refractivity contribution is 7.89. The maximum atomic E-state index is 15.1. The van der Waals surface area contributed by atoms with Crippen molar-refractivity contribution in [3.63, 3.8) is 0 Å². The quantitative estimate of drug-likeness (QED) is 0.713. The van der Waals surface area contributed by atoms with Crippen LogP contribution in [0.15, 0.2) is 42.5 Å². The normalized spacial score (nSPS) is 22.4. The van der Waals surface area contributed by atoms with Gasteiger partial charge in [0.2, 0.25) is 16.0 Å². The van der Waals surface area contributed by atoms with Gasteiger partial charge in [0.15, 0.2) is 0 Å². The van der Waals surface area contributed by atoms with E-state index in [0.29, 0.717) is 17.7 Å². The molecule has 2 fully saturated rings. The molecule has 9 heteroatoms. The summed E-state index contributed by atoms with van der Waals surface area (Å²) in [6.45, 7) is 0.613. The van der Waals surface area contributed by atoms with Gasteiger partial charge in [-0.2, -0.15) is 0 Å². The van der Waals surface area contributed by atoms with Crippen LogP contribution in [0.3, 0.4) is 0 Å². The Hall–Kier alpha value is -1.61. The third-order valence-electron chi connectivity index (χ3n) is 5.77. The first kappa shape index (κ1) is 22.1. The number of nitrogens with one attached hydrogen (secondary N) is 2. The lowest BCUT2D eigenvalue weighted by molar-refractivity contribution is 0.401. The predicted octanol–water partition coefficient (Wildman–Crippen LogP) is 3.56. The third-order valence-corrected chi connectivity index (χ3v) is 6.68. The molecule has 1 heterocycles. The summed E-state index contributed by atoms with van der Waals surface area (Å²) in [4.78, 5) is 0. The van der Waals surface area contributed by atoms with Crippen LogP contribution in [-0.2, 0) is 16.4 Å². The first-order valence-electron chi connectivity index (χ1n) is 9.16. The van der Waals surface area contributed by atoms with Crippen molar-refractivity contribution in [1.29, 1.82) is 0 Å². The fourth-order valence-corrected chi connectivity index (χ4v) is 4.98. The van der Waals surface area contributed by atoms with Crippen molar-refractivity contribution in [3.05, 3.63) is 59.7 Å². The highest BCUT2D eigenvalue weighted by atomic mass is 35.5. The predicted molar refractivity (Wildman–Crippen MR) is 108 cm³/mol. The first-order chi connectivity index (χ1) is 13.3. The molecule has 2 aromatic rings. The van der Waals surface area contributed by atoms with Crippen molar-refractivity contribution in [3.8, 4) is 11.1 Å². The van der Waals surface area contributed by atoms with E-state index in [1.807, 2.05) is 0 Å². The van der Waals surface area contributed by atoms with Crippen LogP contribution in [0.5, 0.6) is 0 Å². The maximum absolute atomic E-state index is 15.1. The zero-order chi connectivity index (χ0) is 19.9. The number of hydrogen-bond donors (Lipinski definition) is 2. The van der Waals surface area contributed by atoms with Crippen LogP contribution < -0.4 is 10.0 Å². The molecule has 2 aromatic carbocycles. The van der Waals surface area contributed by atoms with Gasteiger partial charge in [0.25, 0.3) is 0 Å². The van der Waals surface area contributed by atoms with Crippen LogP contribution in [-0.4, -0.2) is 33.1 Å². The van der Waals surface area contributed by atoms with E-state index in [2.05, 4.69) is 10.0 Å². The third kappa shape index (κ3) is 4.45. The van der Waals surface area contributed by atoms with E-state index in [4.69, 9.17) is 0 Å². The molecule has 29 heavy (non-hydrogen) atoms. The minimum atomic E-state index is -4.02. The van der Waals surface area contributed by atoms with E-state index in [9.17, 15) is 17.2 Å². The molecule has 1 spiro atoms. The van der Waals surface area contributed by atoms with E-state index in [-0.39, 0.29) is 35.8 Å². The SMILES string of the molecule is Cl.O=S(=O)(CF)N[C@@H]1[C@H](Cc2cccc(-c3cccc(F)c3)c2F)NCC12CC2. The molecule has 4 rings (SSSR count). The van der Waals surface area contributed by atoms with Crippen molar-refractivity contribution in [1.82, 2.24) is 10.0 Å². The molecule has 0 bridgehead atoms. The molecule has 1 saturated carbocycles. The highest BCUT2D eigenvalue weighted by Gasteiger charge is 2.57. The Morgan fingerprint density at radius 2 is 1.86 bits per heavy atom. The Morgan fingerprint density at radius 3 is 2.52 bits per heavy atom. The van der Waals surface area contributed by atoms with E-state index in [1.54, 1.807) is 24.3 Å². The summed E-state index contributed by atoms with van der Waals surface area (Å²) in [6, 6.07) is 8.34. The van der Waals surface area contributed by atoms with Gasteiger partial charge in [-0.3, -0.25) is 0 Å². The average Bonchev–Trinajstić information content (AvgIpc) is 3.38. The lowest BCUT2D eigenvalue weighted by atomic mass is 9.91. The van der Waals surface area contributed by atoms with E-state index >= 15 is 4.39 Å². The largest absolute Gasteiger partial charge is 0.311 e. The van der Waals surface area contributed by atoms with Gasteiger partial charge in [-0.1, -0.05) is 30.3 Å². The molecule has 0 amide bonds. The van der Waals surface area contributed by atoms with Gasteiger partial charge < -0.3 is 5.32 Å². The van der Waals surface area contributed by atoms with Crippen LogP contribution in [0.4, 0.5) is 13.2 Å². The summed E-state index contributed by atoms with van der Waals surface area (Å²) in [5.74, 6) is -0.908. The van der Waals surface area contributed by atoms with Gasteiger partial charge >= 0.3 is 0 Å². The molecule has 1 aliphatic heterocycles. The summed E-state index contributed by atoms with van der Waals surface area (Å²) in [7, 11) is -4.02. The topological polar surface area (TPSA) is 58.2 Å². The summed E-state index contributed by atoms with van der Waals surface area (Å²) >= 11 is 0. The monoisotopic (exact) mass is 446 g/mol. The van der Waals surface area contributed by atoms with Crippen molar-refractivity contribution in [2.75, 3.05) is 12.6 Å². The van der Waals surface area contributed by atoms with Gasteiger partial charge in [-0.05, 0) is 42.5 Å². The molecular weight excluding hydrogens is 425 g/mol. The second-order valence-electron chi connectivity index (χ2n) is 7.66. The van der Waals surface area contributed by atoms with Crippen LogP contribution >= 0.6 is 12.4 Å². The van der Waals surface area contributed by atoms with Crippen molar-refractivity contribution < 1.29 is 21.6 Å². The van der Waals surface area contributed by atoms with Crippen molar-refractivity contribution in [2.45, 2.75) is 31.3 Å². The summed E-state index contributed by atoms with van der Waals surface area (Å²) in [6.07, 6.45) is 1.94. The van der Waals surface area contributed by atoms with Gasteiger partial charge in [0, 0.05) is 29.6 Å². The lowest BCUT2D eigenvalue weighted by Crippen LogP contribution is -2.48. The van der Waals surface area contributed by atoms with E-state index in [0.717, 1.165) is 12.8 Å². The molecular formula is C20H22ClF3N2O2S. The molecule has 1 aliphatic carbocycles. The number of hydrogen-bond acceptors (Lipinski definition) is 3. The molecule has 0 aromatic heterocycles. The minimum absolute atomic E-state index is 0. The highest BCUT2D eigenvalue weighted by Crippen LogP contribution is 2.52. The Bertz CT molecular complexity index is 999. The fourth-order valence-electron chi connectivity index (χ4n) is 4.11. The molecule has 158 valence electrons. The second kappa shape index (κ2) is 8.26. The summed E-state index contributed by atoms with van der Waals surface area (Å²) in [5, 5.41) is 3.27. The van der Waals surface area contributed by atoms with Crippen LogP contribution in [0.1, 0.15) is 18.4 Å². The van der Waals surface area contributed by atoms with Gasteiger partial charge in [0.1, 0.15) is 11.6 Å². The van der Waals surface area contributed by atoms with Gasteiger partial charge in [-0.15, -0.1) is 12.4 Å². The van der Waals surface area contributed by atoms with Crippen LogP contribution in [0, 0.1) is 17.0 Å². The second-order valence-corrected chi connectivity index (χ2v) is 9.35. The van der Waals surface area contributed by atoms with Gasteiger partial charge in [0.05, 0.1) is 0 Å². The number of sulfonamides is 1. The smallest absolute Gasteiger partial charge is 0.241 e. The Kier molecular flexibility index (Phi) is 6.29. The summed E-state index contributed by atoms with van der Waals surface area (Å²) in [5.41, 5.74) is 0.911. The molecule has 1 saturated heterocycles. The van der Waals surface area contributed by atoms with Crippen LogP contribution in [0.2, 0.25) is 0 Å². The molecule has 2 atom stereocenters.